The molecule has 118 valence electrons. The topological polar surface area (TPSA) is 89.5 Å². The first-order valence-corrected chi connectivity index (χ1v) is 8.59. The first-order valence-electron chi connectivity index (χ1n) is 6.87. The summed E-state index contributed by atoms with van der Waals surface area (Å²) in [5, 5.41) is 3.83. The van der Waals surface area contributed by atoms with Crippen LogP contribution in [0.25, 0.3) is 0 Å². The lowest BCUT2D eigenvalue weighted by molar-refractivity contribution is -0.116. The Kier molecular flexibility index (Phi) is 4.97. The maximum Gasteiger partial charge on any atom is 0.338 e. The monoisotopic (exact) mass is 323 g/mol. The van der Waals surface area contributed by atoms with E-state index in [1.165, 1.54) is 0 Å². The third-order valence-electron chi connectivity index (χ3n) is 3.13. The molecule has 7 heteroatoms. The summed E-state index contributed by atoms with van der Waals surface area (Å²) >= 11 is 0. The van der Waals surface area contributed by atoms with Crippen molar-refractivity contribution in [2.24, 2.45) is 5.92 Å². The van der Waals surface area contributed by atoms with Crippen LogP contribution in [-0.4, -0.2) is 32.7 Å². The van der Waals surface area contributed by atoms with Gasteiger partial charge in [0.25, 0.3) is 0 Å². The van der Waals surface area contributed by atoms with Crippen molar-refractivity contribution >= 4 is 27.4 Å². The van der Waals surface area contributed by atoms with E-state index in [1.54, 1.807) is 37.3 Å². The Labute approximate surface area is 129 Å². The van der Waals surface area contributed by atoms with Crippen LogP contribution in [0.1, 0.15) is 23.7 Å². The number of anilines is 1. The molecule has 0 spiro atoms. The van der Waals surface area contributed by atoms with E-state index in [9.17, 15) is 18.0 Å². The lowest BCUT2D eigenvalue weighted by Gasteiger charge is -2.09. The average Bonchev–Trinajstić information content (AvgIpc) is 2.78. The number of esters is 1. The van der Waals surface area contributed by atoms with Gasteiger partial charge in [-0.25, -0.2) is 13.2 Å². The fraction of sp³-hybridized carbons (Fsp3) is 0.333. The van der Waals surface area contributed by atoms with Crippen LogP contribution in [0.5, 0.6) is 0 Å². The normalized spacial score (nSPS) is 18.9. The van der Waals surface area contributed by atoms with Crippen LogP contribution in [-0.2, 0) is 19.4 Å². The summed E-state index contributed by atoms with van der Waals surface area (Å²) < 4.78 is 27.4. The van der Waals surface area contributed by atoms with Crippen molar-refractivity contribution in [3.63, 3.8) is 0 Å². The summed E-state index contributed by atoms with van der Waals surface area (Å²) in [4.78, 5) is 23.4. The molecule has 0 saturated heterocycles. The van der Waals surface area contributed by atoms with Crippen molar-refractivity contribution in [1.82, 2.24) is 0 Å². The van der Waals surface area contributed by atoms with Gasteiger partial charge in [-0.05, 0) is 31.2 Å². The quantitative estimate of drug-likeness (QED) is 0.834. The zero-order valence-corrected chi connectivity index (χ0v) is 12.9. The largest absolute Gasteiger partial charge is 0.462 e. The zero-order valence-electron chi connectivity index (χ0n) is 12.1. The highest BCUT2D eigenvalue weighted by molar-refractivity contribution is 7.94. The van der Waals surface area contributed by atoms with Crippen molar-refractivity contribution < 1.29 is 22.7 Å². The maximum absolute atomic E-state index is 11.9. The van der Waals surface area contributed by atoms with Crippen molar-refractivity contribution in [2.75, 3.05) is 17.7 Å². The SMILES string of the molecule is CCOC(=O)c1ccc(NC(=O)CC2C=CS(=O)(=O)C2)cc1. The molecule has 0 radical (unpaired) electrons. The minimum absolute atomic E-state index is 0.0256. The van der Waals surface area contributed by atoms with Gasteiger partial charge in [0.2, 0.25) is 5.91 Å². The van der Waals surface area contributed by atoms with Gasteiger partial charge in [-0.1, -0.05) is 6.08 Å². The van der Waals surface area contributed by atoms with Gasteiger partial charge in [-0.15, -0.1) is 0 Å². The van der Waals surface area contributed by atoms with E-state index >= 15 is 0 Å². The fourth-order valence-corrected chi connectivity index (χ4v) is 3.52. The molecule has 0 aliphatic carbocycles. The number of carbonyl (C=O) groups excluding carboxylic acids is 2. The number of rotatable bonds is 5. The first-order chi connectivity index (χ1) is 10.4. The molecule has 2 rings (SSSR count). The Morgan fingerprint density at radius 2 is 1.95 bits per heavy atom. The Balaban J connectivity index is 1.90. The van der Waals surface area contributed by atoms with Crippen LogP contribution in [0, 0.1) is 5.92 Å². The van der Waals surface area contributed by atoms with E-state index in [1.807, 2.05) is 0 Å². The van der Waals surface area contributed by atoms with Gasteiger partial charge < -0.3 is 10.1 Å². The first kappa shape index (κ1) is 16.2. The number of hydrogen-bond acceptors (Lipinski definition) is 5. The predicted octanol–water partition coefficient (Wildman–Crippen LogP) is 1.75. The molecule has 1 aliphatic heterocycles. The summed E-state index contributed by atoms with van der Waals surface area (Å²) in [6, 6.07) is 6.33. The highest BCUT2D eigenvalue weighted by Crippen LogP contribution is 2.19. The van der Waals surface area contributed by atoms with Crippen molar-refractivity contribution in [2.45, 2.75) is 13.3 Å². The molecule has 1 aliphatic rings. The van der Waals surface area contributed by atoms with Gasteiger partial charge in [-0.2, -0.15) is 0 Å². The maximum atomic E-state index is 11.9. The number of carbonyl (C=O) groups is 2. The van der Waals surface area contributed by atoms with Gasteiger partial charge in [-0.3, -0.25) is 4.79 Å². The molecule has 0 bridgehead atoms. The summed E-state index contributed by atoms with van der Waals surface area (Å²) in [6.07, 6.45) is 1.65. The standard InChI is InChI=1S/C15H17NO5S/c1-2-21-15(18)12-3-5-13(6-4-12)16-14(17)9-11-7-8-22(19,20)10-11/h3-8,11H,2,9-10H2,1H3,(H,16,17). The highest BCUT2D eigenvalue weighted by Gasteiger charge is 2.23. The third kappa shape index (κ3) is 4.42. The van der Waals surface area contributed by atoms with E-state index in [0.717, 1.165) is 5.41 Å². The molecule has 1 aromatic rings. The number of benzene rings is 1. The molecule has 1 unspecified atom stereocenters. The molecule has 1 heterocycles. The molecular weight excluding hydrogens is 306 g/mol. The summed E-state index contributed by atoms with van der Waals surface area (Å²) in [7, 11) is -3.15. The molecule has 1 N–H and O–H groups in total. The van der Waals surface area contributed by atoms with Crippen LogP contribution in [0.2, 0.25) is 0 Å². The van der Waals surface area contributed by atoms with Crippen LogP contribution >= 0.6 is 0 Å². The second-order valence-corrected chi connectivity index (χ2v) is 6.90. The van der Waals surface area contributed by atoms with Gasteiger partial charge in [0.15, 0.2) is 9.84 Å². The van der Waals surface area contributed by atoms with Gasteiger partial charge in [0.1, 0.15) is 0 Å². The number of amides is 1. The van der Waals surface area contributed by atoms with Crippen LogP contribution in [0.15, 0.2) is 35.7 Å². The zero-order chi connectivity index (χ0) is 16.2. The van der Waals surface area contributed by atoms with Crippen molar-refractivity contribution in [3.8, 4) is 0 Å². The number of ether oxygens (including phenoxy) is 1. The van der Waals surface area contributed by atoms with E-state index in [-0.39, 0.29) is 24.0 Å². The number of nitrogens with one attached hydrogen (secondary N) is 1. The minimum Gasteiger partial charge on any atom is -0.462 e. The molecule has 0 aromatic heterocycles. The van der Waals surface area contributed by atoms with E-state index in [2.05, 4.69) is 5.32 Å². The molecule has 6 nitrogen and oxygen atoms in total. The fourth-order valence-electron chi connectivity index (χ4n) is 2.12. The molecule has 0 fully saturated rings. The van der Waals surface area contributed by atoms with E-state index in [0.29, 0.717) is 17.9 Å². The predicted molar refractivity (Wildman–Crippen MR) is 82.1 cm³/mol. The van der Waals surface area contributed by atoms with Gasteiger partial charge in [0.05, 0.1) is 17.9 Å². The third-order valence-corrected chi connectivity index (χ3v) is 4.60. The Hall–Kier alpha value is -2.15. The molecule has 1 aromatic carbocycles. The highest BCUT2D eigenvalue weighted by atomic mass is 32.2. The van der Waals surface area contributed by atoms with E-state index < -0.39 is 15.8 Å². The summed E-state index contributed by atoms with van der Waals surface area (Å²) in [5.74, 6) is -0.997. The molecule has 1 atom stereocenters. The number of allylic oxidation sites excluding steroid dienone is 1. The van der Waals surface area contributed by atoms with Crippen LogP contribution in [0.4, 0.5) is 5.69 Å². The number of sulfone groups is 1. The van der Waals surface area contributed by atoms with E-state index in [4.69, 9.17) is 4.74 Å². The lowest BCUT2D eigenvalue weighted by atomic mass is 10.1. The minimum atomic E-state index is -3.15. The Morgan fingerprint density at radius 3 is 2.50 bits per heavy atom. The van der Waals surface area contributed by atoms with Crippen LogP contribution < -0.4 is 5.32 Å². The second kappa shape index (κ2) is 6.74. The van der Waals surface area contributed by atoms with Crippen molar-refractivity contribution in [3.05, 3.63) is 41.3 Å². The lowest BCUT2D eigenvalue weighted by Crippen LogP contribution is -2.17. The summed E-state index contributed by atoms with van der Waals surface area (Å²) in [5.41, 5.74) is 0.951. The molecule has 22 heavy (non-hydrogen) atoms. The molecular formula is C15H17NO5S. The van der Waals surface area contributed by atoms with Crippen molar-refractivity contribution in [1.29, 1.82) is 0 Å². The van der Waals surface area contributed by atoms with Gasteiger partial charge in [0, 0.05) is 23.4 Å². The number of hydrogen-bond donors (Lipinski definition) is 1. The second-order valence-electron chi connectivity index (χ2n) is 4.97. The van der Waals surface area contributed by atoms with Crippen LogP contribution in [0.3, 0.4) is 0 Å². The molecule has 1 amide bonds. The smallest absolute Gasteiger partial charge is 0.338 e. The Bertz CT molecular complexity index is 691. The summed E-state index contributed by atoms with van der Waals surface area (Å²) in [6.45, 7) is 2.03. The average molecular weight is 323 g/mol. The molecule has 0 saturated carbocycles. The van der Waals surface area contributed by atoms with Gasteiger partial charge >= 0.3 is 5.97 Å². The Morgan fingerprint density at radius 1 is 1.27 bits per heavy atom.